The fourth-order valence-electron chi connectivity index (χ4n) is 3.17. The molecule has 0 spiro atoms. The van der Waals surface area contributed by atoms with E-state index in [0.717, 1.165) is 12.0 Å². The van der Waals surface area contributed by atoms with Crippen molar-refractivity contribution in [1.29, 1.82) is 0 Å². The van der Waals surface area contributed by atoms with E-state index in [4.69, 9.17) is 0 Å². The van der Waals surface area contributed by atoms with Crippen molar-refractivity contribution in [1.82, 2.24) is 10.6 Å². The number of carbonyl (C=O) groups excluding carboxylic acids is 2. The number of para-hydroxylation sites is 1. The number of nitrogens with one attached hydrogen (secondary N) is 2. The summed E-state index contributed by atoms with van der Waals surface area (Å²) in [5.41, 5.74) is 1.45. The molecule has 0 aromatic heterocycles. The third-order valence-corrected chi connectivity index (χ3v) is 4.58. The van der Waals surface area contributed by atoms with Gasteiger partial charge in [-0.1, -0.05) is 48.5 Å². The van der Waals surface area contributed by atoms with Crippen molar-refractivity contribution >= 4 is 11.8 Å². The van der Waals surface area contributed by atoms with Gasteiger partial charge in [-0.3, -0.25) is 9.59 Å². The van der Waals surface area contributed by atoms with Crippen molar-refractivity contribution in [3.63, 3.8) is 0 Å². The van der Waals surface area contributed by atoms with Gasteiger partial charge >= 0.3 is 0 Å². The van der Waals surface area contributed by atoms with E-state index in [1.165, 1.54) is 0 Å². The van der Waals surface area contributed by atoms with E-state index < -0.39 is 12.0 Å². The van der Waals surface area contributed by atoms with Gasteiger partial charge in [-0.15, -0.1) is 0 Å². The van der Waals surface area contributed by atoms with Gasteiger partial charge < -0.3 is 15.7 Å². The van der Waals surface area contributed by atoms with Gasteiger partial charge in [-0.05, 0) is 31.4 Å². The van der Waals surface area contributed by atoms with Crippen LogP contribution >= 0.6 is 0 Å². The molecule has 0 saturated carbocycles. The van der Waals surface area contributed by atoms with Crippen LogP contribution in [0.2, 0.25) is 0 Å². The summed E-state index contributed by atoms with van der Waals surface area (Å²) in [6.45, 7) is 1.93. The number of amides is 2. The highest BCUT2D eigenvalue weighted by Gasteiger charge is 2.33. The van der Waals surface area contributed by atoms with Gasteiger partial charge in [0.25, 0.3) is 0 Å². The largest absolute Gasteiger partial charge is 0.508 e. The molecule has 5 nitrogen and oxygen atoms in total. The Balaban J connectivity index is 1.87. The Morgan fingerprint density at radius 2 is 1.80 bits per heavy atom. The second-order valence-corrected chi connectivity index (χ2v) is 6.45. The highest BCUT2D eigenvalue weighted by atomic mass is 16.3. The minimum absolute atomic E-state index is 0.0969. The van der Waals surface area contributed by atoms with Crippen molar-refractivity contribution < 1.29 is 14.7 Å². The van der Waals surface area contributed by atoms with Crippen LogP contribution in [0.1, 0.15) is 36.9 Å². The molecular weight excluding hydrogens is 316 g/mol. The molecule has 2 aromatic carbocycles. The number of carbonyl (C=O) groups is 2. The number of piperidine rings is 1. The molecular formula is C20H22N2O3. The molecule has 0 bridgehead atoms. The number of phenols is 1. The minimum Gasteiger partial charge on any atom is -0.508 e. The molecule has 130 valence electrons. The van der Waals surface area contributed by atoms with Gasteiger partial charge in [0.2, 0.25) is 11.8 Å². The predicted molar refractivity (Wildman–Crippen MR) is 94.9 cm³/mol. The maximum absolute atomic E-state index is 12.7. The monoisotopic (exact) mass is 338 g/mol. The average molecular weight is 338 g/mol. The van der Waals surface area contributed by atoms with Crippen LogP contribution in [0, 0.1) is 5.92 Å². The molecule has 3 rings (SSSR count). The van der Waals surface area contributed by atoms with Crippen LogP contribution in [0.4, 0.5) is 0 Å². The molecule has 5 heteroatoms. The van der Waals surface area contributed by atoms with Crippen LogP contribution < -0.4 is 10.6 Å². The molecule has 1 fully saturated rings. The lowest BCUT2D eigenvalue weighted by atomic mass is 9.92. The molecule has 3 N–H and O–H groups in total. The summed E-state index contributed by atoms with van der Waals surface area (Å²) in [6.07, 6.45) is 1.30. The summed E-state index contributed by atoms with van der Waals surface area (Å²) in [7, 11) is 0. The van der Waals surface area contributed by atoms with Gasteiger partial charge in [0.05, 0.1) is 6.04 Å². The number of aromatic hydroxyl groups is 1. The lowest BCUT2D eigenvalue weighted by Gasteiger charge is -2.28. The van der Waals surface area contributed by atoms with Crippen LogP contribution in [0.3, 0.4) is 0 Å². The zero-order chi connectivity index (χ0) is 17.8. The van der Waals surface area contributed by atoms with Gasteiger partial charge in [-0.2, -0.15) is 0 Å². The summed E-state index contributed by atoms with van der Waals surface area (Å²) < 4.78 is 0. The number of benzene rings is 2. The van der Waals surface area contributed by atoms with E-state index >= 15 is 0 Å². The SMILES string of the molecule is CC1CCC(C(=O)NC(c2ccccc2)c2ccccc2O)C(=O)N1. The Morgan fingerprint density at radius 3 is 2.48 bits per heavy atom. The molecule has 0 radical (unpaired) electrons. The summed E-state index contributed by atoms with van der Waals surface area (Å²) in [6, 6.07) is 15.9. The maximum atomic E-state index is 12.7. The van der Waals surface area contributed by atoms with Crippen LogP contribution in [-0.4, -0.2) is 23.0 Å². The zero-order valence-corrected chi connectivity index (χ0v) is 14.1. The maximum Gasteiger partial charge on any atom is 0.233 e. The van der Waals surface area contributed by atoms with E-state index in [9.17, 15) is 14.7 Å². The van der Waals surface area contributed by atoms with Gasteiger partial charge in [0.1, 0.15) is 11.7 Å². The summed E-state index contributed by atoms with van der Waals surface area (Å²) in [5.74, 6) is -1.14. The molecule has 2 aromatic rings. The van der Waals surface area contributed by atoms with E-state index in [2.05, 4.69) is 10.6 Å². The lowest BCUT2D eigenvalue weighted by Crippen LogP contribution is -2.49. The number of hydrogen-bond donors (Lipinski definition) is 3. The van der Waals surface area contributed by atoms with Crippen molar-refractivity contribution in [3.05, 3.63) is 65.7 Å². The fraction of sp³-hybridized carbons (Fsp3) is 0.300. The second kappa shape index (κ2) is 7.38. The Hall–Kier alpha value is -2.82. The van der Waals surface area contributed by atoms with Gasteiger partial charge in [-0.25, -0.2) is 0 Å². The molecule has 1 heterocycles. The van der Waals surface area contributed by atoms with Crippen LogP contribution in [-0.2, 0) is 9.59 Å². The Morgan fingerprint density at radius 1 is 1.12 bits per heavy atom. The fourth-order valence-corrected chi connectivity index (χ4v) is 3.17. The van der Waals surface area contributed by atoms with Crippen molar-refractivity contribution in [2.45, 2.75) is 31.8 Å². The van der Waals surface area contributed by atoms with E-state index in [-0.39, 0.29) is 23.6 Å². The molecule has 3 unspecified atom stereocenters. The first-order valence-corrected chi connectivity index (χ1v) is 8.50. The van der Waals surface area contributed by atoms with Crippen LogP contribution in [0.25, 0.3) is 0 Å². The first-order chi connectivity index (χ1) is 12.1. The van der Waals surface area contributed by atoms with Crippen molar-refractivity contribution in [2.75, 3.05) is 0 Å². The second-order valence-electron chi connectivity index (χ2n) is 6.45. The molecule has 3 atom stereocenters. The number of rotatable bonds is 4. The van der Waals surface area contributed by atoms with Crippen molar-refractivity contribution in [3.8, 4) is 5.75 Å². The molecule has 1 saturated heterocycles. The first-order valence-electron chi connectivity index (χ1n) is 8.50. The topological polar surface area (TPSA) is 78.4 Å². The number of phenolic OH excluding ortho intramolecular Hbond substituents is 1. The standard InChI is InChI=1S/C20H22N2O3/c1-13-11-12-16(19(24)21-13)20(25)22-18(14-7-3-2-4-8-14)15-9-5-6-10-17(15)23/h2-10,13,16,18,23H,11-12H2,1H3,(H,21,24)(H,22,25). The smallest absolute Gasteiger partial charge is 0.233 e. The highest BCUT2D eigenvalue weighted by Crippen LogP contribution is 2.30. The average Bonchev–Trinajstić information content (AvgIpc) is 2.61. The third-order valence-electron chi connectivity index (χ3n) is 4.58. The molecule has 1 aliphatic heterocycles. The minimum atomic E-state index is -0.701. The van der Waals surface area contributed by atoms with Crippen molar-refractivity contribution in [2.24, 2.45) is 5.92 Å². The molecule has 1 aliphatic rings. The highest BCUT2D eigenvalue weighted by molar-refractivity contribution is 6.01. The molecule has 0 aliphatic carbocycles. The summed E-state index contributed by atoms with van der Waals surface area (Å²) in [4.78, 5) is 24.9. The zero-order valence-electron chi connectivity index (χ0n) is 14.1. The first kappa shape index (κ1) is 17.0. The van der Waals surface area contributed by atoms with Crippen LogP contribution in [0.5, 0.6) is 5.75 Å². The normalized spacial score (nSPS) is 21.2. The Bertz CT molecular complexity index is 761. The quantitative estimate of drug-likeness (QED) is 0.750. The van der Waals surface area contributed by atoms with E-state index in [1.54, 1.807) is 18.2 Å². The third kappa shape index (κ3) is 3.82. The van der Waals surface area contributed by atoms with Crippen LogP contribution in [0.15, 0.2) is 54.6 Å². The number of hydrogen-bond acceptors (Lipinski definition) is 3. The Labute approximate surface area is 147 Å². The molecule has 25 heavy (non-hydrogen) atoms. The summed E-state index contributed by atoms with van der Waals surface area (Å²) >= 11 is 0. The van der Waals surface area contributed by atoms with Gasteiger partial charge in [0.15, 0.2) is 0 Å². The van der Waals surface area contributed by atoms with E-state index in [0.29, 0.717) is 12.0 Å². The summed E-state index contributed by atoms with van der Waals surface area (Å²) in [5, 5.41) is 16.0. The predicted octanol–water partition coefficient (Wildman–Crippen LogP) is 2.51. The van der Waals surface area contributed by atoms with E-state index in [1.807, 2.05) is 43.3 Å². The van der Waals surface area contributed by atoms with Gasteiger partial charge in [0, 0.05) is 11.6 Å². The molecule has 2 amide bonds. The Kier molecular flexibility index (Phi) is 5.03. The lowest BCUT2D eigenvalue weighted by molar-refractivity contribution is -0.137.